The molecule has 0 amide bonds. The van der Waals surface area contributed by atoms with Gasteiger partial charge in [0.2, 0.25) is 0 Å². The predicted octanol–water partition coefficient (Wildman–Crippen LogP) is 1.81. The Balaban J connectivity index is 2.23. The van der Waals surface area contributed by atoms with E-state index in [0.717, 1.165) is 18.9 Å². The summed E-state index contributed by atoms with van der Waals surface area (Å²) in [7, 11) is 1.92. The van der Waals surface area contributed by atoms with Crippen molar-refractivity contribution >= 4 is 29.0 Å². The van der Waals surface area contributed by atoms with Crippen LogP contribution in [0.15, 0.2) is 12.3 Å². The van der Waals surface area contributed by atoms with Crippen molar-refractivity contribution in [3.63, 3.8) is 0 Å². The Morgan fingerprint density at radius 3 is 3.12 bits per heavy atom. The van der Waals surface area contributed by atoms with E-state index in [1.165, 1.54) is 0 Å². The molecule has 6 heteroatoms. The number of aromatic nitrogens is 1. The number of hydrogen-bond acceptors (Lipinski definition) is 4. The number of ether oxygens (including phenoxy) is 1. The first-order valence-corrected chi connectivity index (χ1v) is 6.28. The summed E-state index contributed by atoms with van der Waals surface area (Å²) in [5.74, 6) is 0.777. The van der Waals surface area contributed by atoms with E-state index in [1.54, 1.807) is 12.3 Å². The fourth-order valence-corrected chi connectivity index (χ4v) is 2.45. The van der Waals surface area contributed by atoms with Crippen LogP contribution in [0.4, 0.5) is 5.82 Å². The van der Waals surface area contributed by atoms with Crippen molar-refractivity contribution in [1.82, 2.24) is 10.3 Å². The van der Waals surface area contributed by atoms with Gasteiger partial charge >= 0.3 is 0 Å². The average Bonchev–Trinajstić information content (AvgIpc) is 2.31. The van der Waals surface area contributed by atoms with Gasteiger partial charge in [-0.3, -0.25) is 0 Å². The maximum Gasteiger partial charge on any atom is 0.147 e. The van der Waals surface area contributed by atoms with E-state index in [2.05, 4.69) is 15.2 Å². The van der Waals surface area contributed by atoms with Crippen LogP contribution in [-0.2, 0) is 4.74 Å². The molecule has 0 radical (unpaired) electrons. The van der Waals surface area contributed by atoms with Crippen LogP contribution < -0.4 is 10.2 Å². The molecule has 0 spiro atoms. The van der Waals surface area contributed by atoms with Gasteiger partial charge in [-0.25, -0.2) is 4.98 Å². The van der Waals surface area contributed by atoms with Gasteiger partial charge in [0.1, 0.15) is 5.82 Å². The second-order valence-electron chi connectivity index (χ2n) is 3.94. The van der Waals surface area contributed by atoms with Crippen LogP contribution in [0.2, 0.25) is 10.0 Å². The molecule has 94 valence electrons. The van der Waals surface area contributed by atoms with Gasteiger partial charge in [-0.15, -0.1) is 0 Å². The van der Waals surface area contributed by atoms with Gasteiger partial charge in [-0.05, 0) is 13.1 Å². The maximum atomic E-state index is 6.18. The van der Waals surface area contributed by atoms with E-state index in [4.69, 9.17) is 27.9 Å². The van der Waals surface area contributed by atoms with Crippen LogP contribution in [0.3, 0.4) is 0 Å². The zero-order valence-electron chi connectivity index (χ0n) is 9.62. The minimum absolute atomic E-state index is 0.250. The monoisotopic (exact) mass is 275 g/mol. The summed E-state index contributed by atoms with van der Waals surface area (Å²) in [6.07, 6.45) is 1.62. The third kappa shape index (κ3) is 3.01. The Bertz CT molecular complexity index is 387. The minimum atomic E-state index is 0.250. The highest BCUT2D eigenvalue weighted by molar-refractivity contribution is 6.36. The molecular weight excluding hydrogens is 261 g/mol. The van der Waals surface area contributed by atoms with Gasteiger partial charge < -0.3 is 15.0 Å². The summed E-state index contributed by atoms with van der Waals surface area (Å²) >= 11 is 12.0. The molecule has 1 aliphatic rings. The molecule has 2 heterocycles. The highest BCUT2D eigenvalue weighted by atomic mass is 35.5. The topological polar surface area (TPSA) is 37.4 Å². The molecule has 0 saturated carbocycles. The van der Waals surface area contributed by atoms with E-state index < -0.39 is 0 Å². The van der Waals surface area contributed by atoms with Gasteiger partial charge in [-0.2, -0.15) is 0 Å². The Morgan fingerprint density at radius 2 is 2.41 bits per heavy atom. The van der Waals surface area contributed by atoms with Crippen molar-refractivity contribution < 1.29 is 4.74 Å². The third-order valence-corrected chi connectivity index (χ3v) is 3.21. The van der Waals surface area contributed by atoms with Gasteiger partial charge in [0.15, 0.2) is 0 Å². The summed E-state index contributed by atoms with van der Waals surface area (Å²) < 4.78 is 5.47. The molecule has 1 atom stereocenters. The van der Waals surface area contributed by atoms with E-state index in [1.807, 2.05) is 7.05 Å². The number of rotatable bonds is 3. The zero-order chi connectivity index (χ0) is 12.3. The SMILES string of the molecule is CNCC1COCCN1c1ncc(Cl)cc1Cl. The minimum Gasteiger partial charge on any atom is -0.377 e. The largest absolute Gasteiger partial charge is 0.377 e. The highest BCUT2D eigenvalue weighted by Gasteiger charge is 2.25. The predicted molar refractivity (Wildman–Crippen MR) is 70.1 cm³/mol. The molecule has 1 saturated heterocycles. The lowest BCUT2D eigenvalue weighted by Gasteiger charge is -2.36. The smallest absolute Gasteiger partial charge is 0.147 e. The first-order chi connectivity index (χ1) is 8.22. The van der Waals surface area contributed by atoms with Crippen molar-refractivity contribution in [1.29, 1.82) is 0 Å². The Hall–Kier alpha value is -0.550. The van der Waals surface area contributed by atoms with E-state index in [0.29, 0.717) is 23.3 Å². The number of nitrogens with zero attached hydrogens (tertiary/aromatic N) is 2. The number of anilines is 1. The van der Waals surface area contributed by atoms with Crippen molar-refractivity contribution in [2.45, 2.75) is 6.04 Å². The number of hydrogen-bond donors (Lipinski definition) is 1. The van der Waals surface area contributed by atoms with Crippen LogP contribution >= 0.6 is 23.2 Å². The normalized spacial score (nSPS) is 20.6. The van der Waals surface area contributed by atoms with Crippen LogP contribution in [0, 0.1) is 0 Å². The summed E-state index contributed by atoms with van der Waals surface area (Å²) in [5, 5.41) is 4.29. The summed E-state index contributed by atoms with van der Waals surface area (Å²) in [5.41, 5.74) is 0. The molecule has 0 bridgehead atoms. The maximum absolute atomic E-state index is 6.18. The van der Waals surface area contributed by atoms with Gasteiger partial charge in [0.25, 0.3) is 0 Å². The molecule has 0 aromatic carbocycles. The molecule has 1 aromatic rings. The van der Waals surface area contributed by atoms with Crippen LogP contribution in [0.25, 0.3) is 0 Å². The molecule has 0 aliphatic carbocycles. The number of nitrogens with one attached hydrogen (secondary N) is 1. The quantitative estimate of drug-likeness (QED) is 0.913. The Labute approximate surface area is 111 Å². The van der Waals surface area contributed by atoms with Crippen molar-refractivity contribution in [3.8, 4) is 0 Å². The molecule has 1 N–H and O–H groups in total. The molecule has 1 unspecified atom stereocenters. The molecule has 1 aliphatic heterocycles. The molecule has 2 rings (SSSR count). The van der Waals surface area contributed by atoms with Gasteiger partial charge in [-0.1, -0.05) is 23.2 Å². The van der Waals surface area contributed by atoms with E-state index >= 15 is 0 Å². The number of halogens is 2. The highest BCUT2D eigenvalue weighted by Crippen LogP contribution is 2.28. The summed E-state index contributed by atoms with van der Waals surface area (Å²) in [6.45, 7) is 3.00. The molecule has 17 heavy (non-hydrogen) atoms. The zero-order valence-corrected chi connectivity index (χ0v) is 11.1. The summed E-state index contributed by atoms with van der Waals surface area (Å²) in [6, 6.07) is 1.97. The van der Waals surface area contributed by atoms with E-state index in [9.17, 15) is 0 Å². The lowest BCUT2D eigenvalue weighted by molar-refractivity contribution is 0.0939. The number of likely N-dealkylation sites (N-methyl/N-ethyl adjacent to an activating group) is 1. The Morgan fingerprint density at radius 1 is 1.59 bits per heavy atom. The third-order valence-electron chi connectivity index (χ3n) is 2.73. The van der Waals surface area contributed by atoms with E-state index in [-0.39, 0.29) is 6.04 Å². The van der Waals surface area contributed by atoms with Crippen molar-refractivity contribution in [2.24, 2.45) is 0 Å². The second kappa shape index (κ2) is 5.87. The summed E-state index contributed by atoms with van der Waals surface area (Å²) in [4.78, 5) is 6.48. The van der Waals surface area contributed by atoms with Crippen LogP contribution in [0.5, 0.6) is 0 Å². The van der Waals surface area contributed by atoms with Crippen LogP contribution in [0.1, 0.15) is 0 Å². The van der Waals surface area contributed by atoms with Crippen molar-refractivity contribution in [2.75, 3.05) is 38.3 Å². The Kier molecular flexibility index (Phi) is 4.45. The fourth-order valence-electron chi connectivity index (χ4n) is 1.96. The first kappa shape index (κ1) is 12.9. The number of morpholine rings is 1. The van der Waals surface area contributed by atoms with Gasteiger partial charge in [0, 0.05) is 19.3 Å². The number of pyridine rings is 1. The molecule has 1 fully saturated rings. The fraction of sp³-hybridized carbons (Fsp3) is 0.545. The molecule has 1 aromatic heterocycles. The first-order valence-electron chi connectivity index (χ1n) is 5.52. The van der Waals surface area contributed by atoms with Crippen LogP contribution in [-0.4, -0.2) is 44.4 Å². The average molecular weight is 276 g/mol. The standard InChI is InChI=1S/C11H15Cl2N3O/c1-14-6-9-7-17-3-2-16(9)11-10(13)4-8(12)5-15-11/h4-5,9,14H,2-3,6-7H2,1H3. The lowest BCUT2D eigenvalue weighted by atomic mass is 10.2. The lowest BCUT2D eigenvalue weighted by Crippen LogP contribution is -2.50. The second-order valence-corrected chi connectivity index (χ2v) is 4.78. The van der Waals surface area contributed by atoms with Crippen molar-refractivity contribution in [3.05, 3.63) is 22.3 Å². The van der Waals surface area contributed by atoms with Gasteiger partial charge in [0.05, 0.1) is 29.3 Å². The molecule has 4 nitrogen and oxygen atoms in total. The molecular formula is C11H15Cl2N3O.